The molecule has 0 radical (unpaired) electrons. The van der Waals surface area contributed by atoms with Crippen LogP contribution < -0.4 is 5.32 Å². The summed E-state index contributed by atoms with van der Waals surface area (Å²) in [4.78, 5) is 25.3. The first-order valence-electron chi connectivity index (χ1n) is 6.90. The molecule has 108 valence electrons. The molecule has 0 atom stereocenters. The maximum absolute atomic E-state index is 12.0. The van der Waals surface area contributed by atoms with E-state index in [4.69, 9.17) is 0 Å². The van der Waals surface area contributed by atoms with Crippen molar-refractivity contribution >= 4 is 27.7 Å². The molecule has 5 heteroatoms. The summed E-state index contributed by atoms with van der Waals surface area (Å²) in [6.45, 7) is 4.11. The van der Waals surface area contributed by atoms with E-state index < -0.39 is 0 Å². The van der Waals surface area contributed by atoms with E-state index in [2.05, 4.69) is 21.2 Å². The van der Waals surface area contributed by atoms with Gasteiger partial charge in [-0.15, -0.1) is 0 Å². The number of nitrogens with one attached hydrogen (secondary N) is 1. The van der Waals surface area contributed by atoms with E-state index in [0.29, 0.717) is 18.5 Å². The number of carbonyl (C=O) groups excluding carboxylic acids is 2. The highest BCUT2D eigenvalue weighted by molar-refractivity contribution is 9.10. The van der Waals surface area contributed by atoms with E-state index in [9.17, 15) is 9.59 Å². The Balaban J connectivity index is 1.76. The molecular formula is C15H19BrN2O2. The lowest BCUT2D eigenvalue weighted by Crippen LogP contribution is -2.30. The van der Waals surface area contributed by atoms with Crippen LogP contribution >= 0.6 is 15.9 Å². The maximum atomic E-state index is 12.0. The fourth-order valence-electron chi connectivity index (χ4n) is 2.39. The van der Waals surface area contributed by atoms with Crippen molar-refractivity contribution in [3.63, 3.8) is 0 Å². The summed E-state index contributed by atoms with van der Waals surface area (Å²) < 4.78 is 0.971. The number of hydrogen-bond donors (Lipinski definition) is 1. The summed E-state index contributed by atoms with van der Waals surface area (Å²) in [5.41, 5.74) is 1.65. The van der Waals surface area contributed by atoms with Crippen LogP contribution in [0.2, 0.25) is 0 Å². The molecule has 0 aromatic heterocycles. The number of likely N-dealkylation sites (tertiary alicyclic amines) is 1. The highest BCUT2D eigenvalue weighted by Gasteiger charge is 2.19. The molecule has 1 heterocycles. The zero-order valence-corrected chi connectivity index (χ0v) is 13.2. The Labute approximate surface area is 127 Å². The first-order chi connectivity index (χ1) is 9.58. The Morgan fingerprint density at radius 3 is 2.90 bits per heavy atom. The molecule has 1 N–H and O–H groups in total. The lowest BCUT2D eigenvalue weighted by atomic mass is 10.1. The average Bonchev–Trinajstić information content (AvgIpc) is 2.80. The van der Waals surface area contributed by atoms with Crippen LogP contribution in [0.25, 0.3) is 0 Å². The van der Waals surface area contributed by atoms with E-state index in [1.807, 2.05) is 30.0 Å². The molecular weight excluding hydrogens is 320 g/mol. The predicted molar refractivity (Wildman–Crippen MR) is 81.6 cm³/mol. The molecule has 0 unspecified atom stereocenters. The third-order valence-electron chi connectivity index (χ3n) is 3.49. The van der Waals surface area contributed by atoms with E-state index in [0.717, 1.165) is 36.0 Å². The molecule has 1 fully saturated rings. The van der Waals surface area contributed by atoms with Gasteiger partial charge in [0.2, 0.25) is 5.91 Å². The fourth-order valence-corrected chi connectivity index (χ4v) is 2.86. The van der Waals surface area contributed by atoms with Gasteiger partial charge in [0.15, 0.2) is 0 Å². The Kier molecular flexibility index (Phi) is 5.17. The Morgan fingerprint density at radius 2 is 2.25 bits per heavy atom. The van der Waals surface area contributed by atoms with Crippen molar-refractivity contribution in [2.75, 3.05) is 19.6 Å². The van der Waals surface area contributed by atoms with Gasteiger partial charge in [0.1, 0.15) is 0 Å². The van der Waals surface area contributed by atoms with Crippen LogP contribution in [0.1, 0.15) is 35.2 Å². The topological polar surface area (TPSA) is 49.4 Å². The molecule has 1 aromatic rings. The summed E-state index contributed by atoms with van der Waals surface area (Å²) in [6.07, 6.45) is 2.43. The molecule has 1 aliphatic rings. The number of hydrogen-bond acceptors (Lipinski definition) is 2. The van der Waals surface area contributed by atoms with Crippen LogP contribution in [0.15, 0.2) is 22.7 Å². The number of halogens is 1. The Bertz CT molecular complexity index is 517. The van der Waals surface area contributed by atoms with E-state index in [-0.39, 0.29) is 11.8 Å². The smallest absolute Gasteiger partial charge is 0.251 e. The van der Waals surface area contributed by atoms with Gasteiger partial charge < -0.3 is 10.2 Å². The number of amides is 2. The van der Waals surface area contributed by atoms with Crippen LogP contribution in [0.3, 0.4) is 0 Å². The summed E-state index contributed by atoms with van der Waals surface area (Å²) in [6, 6.07) is 5.61. The van der Waals surface area contributed by atoms with Gasteiger partial charge in [0.05, 0.1) is 0 Å². The second kappa shape index (κ2) is 6.88. The molecule has 4 nitrogen and oxygen atoms in total. The van der Waals surface area contributed by atoms with Crippen molar-refractivity contribution in [3.05, 3.63) is 33.8 Å². The Hall–Kier alpha value is -1.36. The zero-order valence-electron chi connectivity index (χ0n) is 11.6. The van der Waals surface area contributed by atoms with Crippen LogP contribution in [-0.4, -0.2) is 36.3 Å². The van der Waals surface area contributed by atoms with Gasteiger partial charge in [-0.05, 0) is 43.5 Å². The average molecular weight is 339 g/mol. The first kappa shape index (κ1) is 15.0. The minimum absolute atomic E-state index is 0.0530. The van der Waals surface area contributed by atoms with E-state index >= 15 is 0 Å². The lowest BCUT2D eigenvalue weighted by Gasteiger charge is -2.15. The third-order valence-corrected chi connectivity index (χ3v) is 3.99. The van der Waals surface area contributed by atoms with Crippen molar-refractivity contribution in [1.82, 2.24) is 10.2 Å². The SMILES string of the molecule is Cc1cc(Br)ccc1C(=O)NCCCN1CCCC1=O. The molecule has 0 spiro atoms. The molecule has 0 saturated carbocycles. The molecule has 2 rings (SSSR count). The van der Waals surface area contributed by atoms with Crippen LogP contribution in [0, 0.1) is 6.92 Å². The number of nitrogens with zero attached hydrogens (tertiary/aromatic N) is 1. The highest BCUT2D eigenvalue weighted by atomic mass is 79.9. The quantitative estimate of drug-likeness (QED) is 0.838. The number of aryl methyl sites for hydroxylation is 1. The van der Waals surface area contributed by atoms with Crippen molar-refractivity contribution in [2.24, 2.45) is 0 Å². The zero-order chi connectivity index (χ0) is 14.5. The second-order valence-corrected chi connectivity index (χ2v) is 5.97. The van der Waals surface area contributed by atoms with Gasteiger partial charge >= 0.3 is 0 Å². The summed E-state index contributed by atoms with van der Waals surface area (Å²) in [5, 5.41) is 2.91. The maximum Gasteiger partial charge on any atom is 0.251 e. The normalized spacial score (nSPS) is 14.7. The molecule has 1 aliphatic heterocycles. The fraction of sp³-hybridized carbons (Fsp3) is 0.467. The first-order valence-corrected chi connectivity index (χ1v) is 7.69. The van der Waals surface area contributed by atoms with Crippen molar-refractivity contribution in [3.8, 4) is 0 Å². The third kappa shape index (κ3) is 3.82. The molecule has 1 aromatic carbocycles. The lowest BCUT2D eigenvalue weighted by molar-refractivity contribution is -0.127. The monoisotopic (exact) mass is 338 g/mol. The summed E-state index contributed by atoms with van der Waals surface area (Å²) in [7, 11) is 0. The largest absolute Gasteiger partial charge is 0.352 e. The van der Waals surface area contributed by atoms with Crippen LogP contribution in [0.5, 0.6) is 0 Å². The Morgan fingerprint density at radius 1 is 1.45 bits per heavy atom. The van der Waals surface area contributed by atoms with E-state index in [1.54, 1.807) is 0 Å². The van der Waals surface area contributed by atoms with Gasteiger partial charge in [-0.2, -0.15) is 0 Å². The molecule has 0 bridgehead atoms. The van der Waals surface area contributed by atoms with Crippen molar-refractivity contribution in [1.29, 1.82) is 0 Å². The molecule has 20 heavy (non-hydrogen) atoms. The van der Waals surface area contributed by atoms with Crippen LogP contribution in [0.4, 0.5) is 0 Å². The van der Waals surface area contributed by atoms with Gasteiger partial charge in [-0.3, -0.25) is 9.59 Å². The predicted octanol–water partition coefficient (Wildman–Crippen LogP) is 2.50. The molecule has 1 saturated heterocycles. The van der Waals surface area contributed by atoms with E-state index in [1.165, 1.54) is 0 Å². The van der Waals surface area contributed by atoms with Gasteiger partial charge in [-0.25, -0.2) is 0 Å². The second-order valence-electron chi connectivity index (χ2n) is 5.05. The van der Waals surface area contributed by atoms with Gasteiger partial charge in [0.25, 0.3) is 5.91 Å². The minimum atomic E-state index is -0.0530. The number of benzene rings is 1. The molecule has 2 amide bonds. The summed E-state index contributed by atoms with van der Waals surface area (Å²) in [5.74, 6) is 0.183. The highest BCUT2D eigenvalue weighted by Crippen LogP contribution is 2.15. The summed E-state index contributed by atoms with van der Waals surface area (Å²) >= 11 is 3.38. The van der Waals surface area contributed by atoms with Gasteiger partial charge in [0, 0.05) is 36.1 Å². The number of carbonyl (C=O) groups is 2. The molecule has 0 aliphatic carbocycles. The van der Waals surface area contributed by atoms with Crippen molar-refractivity contribution < 1.29 is 9.59 Å². The van der Waals surface area contributed by atoms with Crippen LogP contribution in [-0.2, 0) is 4.79 Å². The van der Waals surface area contributed by atoms with Gasteiger partial charge in [-0.1, -0.05) is 15.9 Å². The standard InChI is InChI=1S/C15H19BrN2O2/c1-11-10-12(16)5-6-13(11)15(20)17-7-3-9-18-8-2-4-14(18)19/h5-6,10H,2-4,7-9H2,1H3,(H,17,20). The minimum Gasteiger partial charge on any atom is -0.352 e. The number of rotatable bonds is 5. The van der Waals surface area contributed by atoms with Crippen molar-refractivity contribution in [2.45, 2.75) is 26.2 Å².